The molecule has 1 aromatic rings. The third-order valence-corrected chi connectivity index (χ3v) is 1.29. The van der Waals surface area contributed by atoms with E-state index in [4.69, 9.17) is 5.11 Å². The van der Waals surface area contributed by atoms with Gasteiger partial charge in [-0.05, 0) is 12.1 Å². The summed E-state index contributed by atoms with van der Waals surface area (Å²) in [6.45, 7) is 0.202. The minimum absolute atomic E-state index is 0. The number of carbonyl (C=O) groups excluding carboxylic acids is 1. The van der Waals surface area contributed by atoms with Crippen LogP contribution in [0.4, 0.5) is 0 Å². The molecular formula is C8H12Cl2N2O2. The zero-order valence-electron chi connectivity index (χ0n) is 7.34. The molecule has 1 amide bonds. The molecule has 0 aliphatic heterocycles. The van der Waals surface area contributed by atoms with Gasteiger partial charge in [0.15, 0.2) is 0 Å². The minimum atomic E-state index is -0.260. The molecule has 4 nitrogen and oxygen atoms in total. The lowest BCUT2D eigenvalue weighted by Crippen LogP contribution is -2.26. The number of aliphatic hydroxyl groups is 1. The van der Waals surface area contributed by atoms with Crippen LogP contribution in [0, 0.1) is 0 Å². The van der Waals surface area contributed by atoms with Gasteiger partial charge >= 0.3 is 0 Å². The molecule has 0 unspecified atom stereocenters. The smallest absolute Gasteiger partial charge is 0.269 e. The van der Waals surface area contributed by atoms with Gasteiger partial charge in [0.2, 0.25) is 0 Å². The first-order valence-corrected chi connectivity index (χ1v) is 3.64. The van der Waals surface area contributed by atoms with E-state index in [0.29, 0.717) is 5.69 Å². The van der Waals surface area contributed by atoms with E-state index >= 15 is 0 Å². The van der Waals surface area contributed by atoms with Crippen molar-refractivity contribution in [3.8, 4) is 0 Å². The first-order valence-electron chi connectivity index (χ1n) is 3.64. The van der Waals surface area contributed by atoms with E-state index in [1.165, 1.54) is 0 Å². The van der Waals surface area contributed by atoms with Crippen molar-refractivity contribution in [2.75, 3.05) is 13.2 Å². The Balaban J connectivity index is 0. The summed E-state index contributed by atoms with van der Waals surface area (Å²) < 4.78 is 0. The topological polar surface area (TPSA) is 62.2 Å². The molecule has 0 aliphatic carbocycles. The number of nitrogens with zero attached hydrogens (tertiary/aromatic N) is 1. The van der Waals surface area contributed by atoms with Gasteiger partial charge in [-0.1, -0.05) is 6.07 Å². The van der Waals surface area contributed by atoms with Gasteiger partial charge in [-0.3, -0.25) is 9.78 Å². The van der Waals surface area contributed by atoms with Crippen LogP contribution in [-0.4, -0.2) is 29.1 Å². The highest BCUT2D eigenvalue weighted by Gasteiger charge is 2.03. The maximum Gasteiger partial charge on any atom is 0.269 e. The molecule has 0 spiro atoms. The summed E-state index contributed by atoms with van der Waals surface area (Å²) in [5.74, 6) is -0.260. The van der Waals surface area contributed by atoms with E-state index in [9.17, 15) is 4.79 Å². The number of pyridine rings is 1. The van der Waals surface area contributed by atoms with E-state index in [0.717, 1.165) is 0 Å². The van der Waals surface area contributed by atoms with Crippen molar-refractivity contribution in [1.29, 1.82) is 0 Å². The molecule has 0 saturated heterocycles. The minimum Gasteiger partial charge on any atom is -0.395 e. The van der Waals surface area contributed by atoms with Crippen LogP contribution in [0.1, 0.15) is 10.5 Å². The SMILES string of the molecule is Cl.Cl.O=C(NCCO)c1ccccn1. The predicted octanol–water partition coefficient (Wildman–Crippen LogP) is 0.647. The number of hydrogen-bond acceptors (Lipinski definition) is 3. The zero-order chi connectivity index (χ0) is 8.81. The van der Waals surface area contributed by atoms with Gasteiger partial charge in [0, 0.05) is 12.7 Å². The average molecular weight is 239 g/mol. The first-order chi connectivity index (χ1) is 5.84. The Kier molecular flexibility index (Phi) is 9.76. The van der Waals surface area contributed by atoms with E-state index < -0.39 is 0 Å². The Morgan fingerprint density at radius 2 is 2.14 bits per heavy atom. The van der Waals surface area contributed by atoms with E-state index in [1.54, 1.807) is 24.4 Å². The summed E-state index contributed by atoms with van der Waals surface area (Å²) in [7, 11) is 0. The van der Waals surface area contributed by atoms with E-state index in [1.807, 2.05) is 0 Å². The standard InChI is InChI=1S/C8H10N2O2.2ClH/c11-6-5-10-8(12)7-3-1-2-4-9-7;;/h1-4,11H,5-6H2,(H,10,12);2*1H. The van der Waals surface area contributed by atoms with Gasteiger partial charge in [0.1, 0.15) is 5.69 Å². The number of hydrogen-bond donors (Lipinski definition) is 2. The molecule has 14 heavy (non-hydrogen) atoms. The normalized spacial score (nSPS) is 8.07. The number of halogens is 2. The van der Waals surface area contributed by atoms with Crippen LogP contribution < -0.4 is 5.32 Å². The lowest BCUT2D eigenvalue weighted by molar-refractivity contribution is 0.0940. The average Bonchev–Trinajstić information content (AvgIpc) is 2.15. The maximum atomic E-state index is 11.1. The quantitative estimate of drug-likeness (QED) is 0.813. The predicted molar refractivity (Wildman–Crippen MR) is 58.2 cm³/mol. The van der Waals surface area contributed by atoms with Gasteiger partial charge in [-0.2, -0.15) is 0 Å². The number of carbonyl (C=O) groups is 1. The van der Waals surface area contributed by atoms with Crippen LogP contribution in [0.5, 0.6) is 0 Å². The second-order valence-corrected chi connectivity index (χ2v) is 2.19. The fourth-order valence-electron chi connectivity index (χ4n) is 0.757. The number of amides is 1. The monoisotopic (exact) mass is 238 g/mol. The maximum absolute atomic E-state index is 11.1. The number of aliphatic hydroxyl groups excluding tert-OH is 1. The Morgan fingerprint density at radius 3 is 2.64 bits per heavy atom. The molecule has 1 heterocycles. The molecule has 0 fully saturated rings. The largest absolute Gasteiger partial charge is 0.395 e. The van der Waals surface area contributed by atoms with Crippen molar-refractivity contribution in [2.45, 2.75) is 0 Å². The van der Waals surface area contributed by atoms with Crippen molar-refractivity contribution in [3.05, 3.63) is 30.1 Å². The zero-order valence-corrected chi connectivity index (χ0v) is 8.98. The van der Waals surface area contributed by atoms with Gasteiger partial charge in [-0.25, -0.2) is 0 Å². The van der Waals surface area contributed by atoms with Crippen molar-refractivity contribution >= 4 is 30.7 Å². The molecule has 2 N–H and O–H groups in total. The number of nitrogens with one attached hydrogen (secondary N) is 1. The Morgan fingerprint density at radius 1 is 1.43 bits per heavy atom. The highest BCUT2D eigenvalue weighted by Crippen LogP contribution is 1.91. The van der Waals surface area contributed by atoms with E-state index in [2.05, 4.69) is 10.3 Å². The fraction of sp³-hybridized carbons (Fsp3) is 0.250. The Labute approximate surface area is 94.6 Å². The van der Waals surface area contributed by atoms with Crippen LogP contribution >= 0.6 is 24.8 Å². The summed E-state index contributed by atoms with van der Waals surface area (Å²) in [4.78, 5) is 15.0. The molecule has 0 aromatic carbocycles. The van der Waals surface area contributed by atoms with Gasteiger partial charge in [-0.15, -0.1) is 24.8 Å². The highest BCUT2D eigenvalue weighted by atomic mass is 35.5. The van der Waals surface area contributed by atoms with Crippen molar-refractivity contribution in [3.63, 3.8) is 0 Å². The lowest BCUT2D eigenvalue weighted by atomic mass is 10.3. The molecule has 0 atom stereocenters. The number of aromatic nitrogens is 1. The van der Waals surface area contributed by atoms with Crippen LogP contribution in [0.15, 0.2) is 24.4 Å². The summed E-state index contributed by atoms with van der Waals surface area (Å²) in [6, 6.07) is 5.09. The molecule has 0 radical (unpaired) electrons. The van der Waals surface area contributed by atoms with Crippen molar-refractivity contribution in [1.82, 2.24) is 10.3 Å². The van der Waals surface area contributed by atoms with Crippen LogP contribution in [0.2, 0.25) is 0 Å². The fourth-order valence-corrected chi connectivity index (χ4v) is 0.757. The summed E-state index contributed by atoms with van der Waals surface area (Å²) in [5, 5.41) is 10.9. The number of rotatable bonds is 3. The van der Waals surface area contributed by atoms with Crippen molar-refractivity contribution in [2.24, 2.45) is 0 Å². The second-order valence-electron chi connectivity index (χ2n) is 2.19. The highest BCUT2D eigenvalue weighted by molar-refractivity contribution is 5.92. The van der Waals surface area contributed by atoms with E-state index in [-0.39, 0.29) is 43.9 Å². The van der Waals surface area contributed by atoms with Crippen LogP contribution in [0.25, 0.3) is 0 Å². The summed E-state index contributed by atoms with van der Waals surface area (Å²) in [5.41, 5.74) is 0.367. The molecular weight excluding hydrogens is 227 g/mol. The third kappa shape index (κ3) is 5.01. The Bertz CT molecular complexity index is 257. The lowest BCUT2D eigenvalue weighted by Gasteiger charge is -2.00. The first kappa shape index (κ1) is 15.6. The molecule has 0 bridgehead atoms. The second kappa shape index (κ2) is 8.74. The van der Waals surface area contributed by atoms with Gasteiger partial charge in [0.05, 0.1) is 6.61 Å². The Hall–Kier alpha value is -0.840. The molecule has 80 valence electrons. The molecule has 6 heteroatoms. The van der Waals surface area contributed by atoms with Crippen molar-refractivity contribution < 1.29 is 9.90 Å². The molecule has 0 saturated carbocycles. The third-order valence-electron chi connectivity index (χ3n) is 1.29. The van der Waals surface area contributed by atoms with Crippen LogP contribution in [0.3, 0.4) is 0 Å². The van der Waals surface area contributed by atoms with Gasteiger partial charge < -0.3 is 10.4 Å². The molecule has 0 aliphatic rings. The summed E-state index contributed by atoms with van der Waals surface area (Å²) in [6.07, 6.45) is 1.55. The van der Waals surface area contributed by atoms with Crippen LogP contribution in [-0.2, 0) is 0 Å². The molecule has 1 rings (SSSR count). The summed E-state index contributed by atoms with van der Waals surface area (Å²) >= 11 is 0. The van der Waals surface area contributed by atoms with Gasteiger partial charge in [0.25, 0.3) is 5.91 Å². The molecule has 1 aromatic heterocycles.